The highest BCUT2D eigenvalue weighted by Crippen LogP contribution is 2.36. The quantitative estimate of drug-likeness (QED) is 0.639. The fourth-order valence-electron chi connectivity index (χ4n) is 4.65. The van der Waals surface area contributed by atoms with E-state index in [1.807, 2.05) is 4.90 Å². The van der Waals surface area contributed by atoms with Gasteiger partial charge >= 0.3 is 6.18 Å². The minimum Gasteiger partial charge on any atom is -0.371 e. The lowest BCUT2D eigenvalue weighted by atomic mass is 9.89. The van der Waals surface area contributed by atoms with Crippen LogP contribution in [-0.2, 0) is 11.0 Å². The van der Waals surface area contributed by atoms with Crippen LogP contribution in [0.5, 0.6) is 0 Å². The summed E-state index contributed by atoms with van der Waals surface area (Å²) in [7, 11) is 0. The number of rotatable bonds is 4. The fraction of sp³-hybridized carbons (Fsp3) is 0.458. The zero-order valence-corrected chi connectivity index (χ0v) is 17.7. The maximum atomic E-state index is 13.2. The number of carbonyl (C=O) groups is 1. The summed E-state index contributed by atoms with van der Waals surface area (Å²) in [5.41, 5.74) is 1.24. The first kappa shape index (κ1) is 22.1. The van der Waals surface area contributed by atoms with Crippen LogP contribution in [0.1, 0.15) is 48.4 Å². The Morgan fingerprint density at radius 2 is 1.56 bits per heavy atom. The molecule has 0 amide bonds. The first-order valence-electron chi connectivity index (χ1n) is 10.9. The van der Waals surface area contributed by atoms with Crippen LogP contribution >= 0.6 is 0 Å². The molecule has 1 aromatic heterocycles. The molecule has 2 aliphatic heterocycles. The molecule has 4 rings (SSSR count). The summed E-state index contributed by atoms with van der Waals surface area (Å²) >= 11 is 0. The lowest BCUT2D eigenvalue weighted by molar-refractivity contribution is -0.138. The molecule has 1 aromatic carbocycles. The van der Waals surface area contributed by atoms with Gasteiger partial charge in [-0.3, -0.25) is 0 Å². The molecule has 0 aliphatic carbocycles. The molecule has 0 atom stereocenters. The number of aldehydes is 1. The lowest BCUT2D eigenvalue weighted by Gasteiger charge is -2.34. The smallest absolute Gasteiger partial charge is 0.371 e. The van der Waals surface area contributed by atoms with E-state index in [4.69, 9.17) is 5.26 Å². The number of pyridine rings is 1. The SMILES string of the molecule is N#Cc1ncc(N2CCC(c3ccc(N4CCC(C=O)CC4)cc3)CC2)cc1C(F)(F)F. The van der Waals surface area contributed by atoms with Crippen molar-refractivity contribution < 1.29 is 18.0 Å². The van der Waals surface area contributed by atoms with E-state index in [1.54, 1.807) is 0 Å². The molecule has 2 aromatic rings. The molecule has 0 radical (unpaired) electrons. The number of hydrogen-bond acceptors (Lipinski definition) is 5. The second kappa shape index (κ2) is 9.19. The number of carbonyl (C=O) groups excluding carboxylic acids is 1. The zero-order valence-electron chi connectivity index (χ0n) is 17.7. The zero-order chi connectivity index (χ0) is 22.7. The van der Waals surface area contributed by atoms with Crippen LogP contribution in [0.15, 0.2) is 36.5 Å². The summed E-state index contributed by atoms with van der Waals surface area (Å²) in [4.78, 5) is 18.9. The van der Waals surface area contributed by atoms with Crippen molar-refractivity contribution in [3.8, 4) is 6.07 Å². The third-order valence-electron chi connectivity index (χ3n) is 6.61. The Bertz CT molecular complexity index is 984. The summed E-state index contributed by atoms with van der Waals surface area (Å²) < 4.78 is 39.7. The van der Waals surface area contributed by atoms with Gasteiger partial charge in [0.05, 0.1) is 17.4 Å². The van der Waals surface area contributed by atoms with Gasteiger partial charge < -0.3 is 14.6 Å². The van der Waals surface area contributed by atoms with Crippen LogP contribution in [0.3, 0.4) is 0 Å². The van der Waals surface area contributed by atoms with Crippen LogP contribution in [0.4, 0.5) is 24.5 Å². The van der Waals surface area contributed by atoms with Gasteiger partial charge in [0, 0.05) is 37.8 Å². The van der Waals surface area contributed by atoms with Gasteiger partial charge in [-0.25, -0.2) is 4.98 Å². The summed E-state index contributed by atoms with van der Waals surface area (Å²) in [6, 6.07) is 11.1. The van der Waals surface area contributed by atoms with Gasteiger partial charge in [-0.15, -0.1) is 0 Å². The summed E-state index contributed by atoms with van der Waals surface area (Å²) in [6.07, 6.45) is 1.28. The van der Waals surface area contributed by atoms with E-state index in [9.17, 15) is 18.0 Å². The normalized spacial score (nSPS) is 18.4. The van der Waals surface area contributed by atoms with Crippen molar-refractivity contribution in [2.75, 3.05) is 36.0 Å². The van der Waals surface area contributed by atoms with Crippen molar-refractivity contribution in [2.24, 2.45) is 5.92 Å². The van der Waals surface area contributed by atoms with Crippen LogP contribution in [0, 0.1) is 17.2 Å². The number of piperidine rings is 2. The highest BCUT2D eigenvalue weighted by molar-refractivity contribution is 5.56. The minimum absolute atomic E-state index is 0.175. The van der Waals surface area contributed by atoms with E-state index >= 15 is 0 Å². The van der Waals surface area contributed by atoms with Crippen molar-refractivity contribution in [3.05, 3.63) is 53.3 Å². The summed E-state index contributed by atoms with van der Waals surface area (Å²) in [6.45, 7) is 3.05. The highest BCUT2D eigenvalue weighted by Gasteiger charge is 2.35. The average Bonchev–Trinajstić information content (AvgIpc) is 2.83. The standard InChI is InChI=1S/C24H25F3N4O/c25-24(26,27)22-13-21(15-29-23(22)14-28)31-11-7-19(8-12-31)18-1-3-20(4-2-18)30-9-5-17(16-32)6-10-30/h1-4,13,15-17,19H,5-12H2. The first-order valence-corrected chi connectivity index (χ1v) is 10.9. The van der Waals surface area contributed by atoms with Crippen molar-refractivity contribution in [1.29, 1.82) is 5.26 Å². The topological polar surface area (TPSA) is 60.2 Å². The number of benzene rings is 1. The number of aromatic nitrogens is 1. The third kappa shape index (κ3) is 4.72. The Hall–Kier alpha value is -3.08. The lowest BCUT2D eigenvalue weighted by Crippen LogP contribution is -2.34. The van der Waals surface area contributed by atoms with E-state index in [0.29, 0.717) is 24.7 Å². The molecule has 168 valence electrons. The molecular weight excluding hydrogens is 417 g/mol. The fourth-order valence-corrected chi connectivity index (χ4v) is 4.65. The Morgan fingerprint density at radius 1 is 0.969 bits per heavy atom. The molecule has 2 aliphatic rings. The van der Waals surface area contributed by atoms with Crippen molar-refractivity contribution in [3.63, 3.8) is 0 Å². The van der Waals surface area contributed by atoms with Gasteiger partial charge in [0.1, 0.15) is 12.4 Å². The Kier molecular flexibility index (Phi) is 6.35. The molecule has 5 nitrogen and oxygen atoms in total. The van der Waals surface area contributed by atoms with E-state index in [1.165, 1.54) is 23.5 Å². The van der Waals surface area contributed by atoms with Crippen molar-refractivity contribution in [1.82, 2.24) is 4.98 Å². The Balaban J connectivity index is 1.38. The number of alkyl halides is 3. The highest BCUT2D eigenvalue weighted by atomic mass is 19.4. The third-order valence-corrected chi connectivity index (χ3v) is 6.61. The van der Waals surface area contributed by atoms with Crippen molar-refractivity contribution in [2.45, 2.75) is 37.8 Å². The number of nitriles is 1. The predicted molar refractivity (Wildman–Crippen MR) is 116 cm³/mol. The van der Waals surface area contributed by atoms with Crippen LogP contribution in [0.2, 0.25) is 0 Å². The molecule has 2 fully saturated rings. The largest absolute Gasteiger partial charge is 0.419 e. The number of nitrogens with zero attached hydrogens (tertiary/aromatic N) is 4. The van der Waals surface area contributed by atoms with Crippen LogP contribution in [-0.4, -0.2) is 37.4 Å². The van der Waals surface area contributed by atoms with Gasteiger partial charge in [-0.2, -0.15) is 18.4 Å². The van der Waals surface area contributed by atoms with E-state index < -0.39 is 17.4 Å². The molecule has 0 spiro atoms. The summed E-state index contributed by atoms with van der Waals surface area (Å²) in [5, 5.41) is 8.93. The molecular formula is C24H25F3N4O. The van der Waals surface area contributed by atoms with Gasteiger partial charge in [0.25, 0.3) is 0 Å². The van der Waals surface area contributed by atoms with Crippen molar-refractivity contribution >= 4 is 17.7 Å². The molecule has 0 unspecified atom stereocenters. The Labute approximate surface area is 185 Å². The molecule has 0 bridgehead atoms. The average molecular weight is 442 g/mol. The van der Waals surface area contributed by atoms with Gasteiger partial charge in [0.15, 0.2) is 5.69 Å². The molecule has 8 heteroatoms. The monoisotopic (exact) mass is 442 g/mol. The summed E-state index contributed by atoms with van der Waals surface area (Å²) in [5.74, 6) is 0.531. The Morgan fingerprint density at radius 3 is 2.12 bits per heavy atom. The maximum Gasteiger partial charge on any atom is 0.419 e. The van der Waals surface area contributed by atoms with E-state index in [-0.39, 0.29) is 5.92 Å². The van der Waals surface area contributed by atoms with Gasteiger partial charge in [0.2, 0.25) is 0 Å². The minimum atomic E-state index is -4.60. The first-order chi connectivity index (χ1) is 15.4. The molecule has 0 N–H and O–H groups in total. The van der Waals surface area contributed by atoms with Gasteiger partial charge in [-0.1, -0.05) is 12.1 Å². The second-order valence-corrected chi connectivity index (χ2v) is 8.51. The van der Waals surface area contributed by atoms with Gasteiger partial charge in [-0.05, 0) is 55.4 Å². The second-order valence-electron chi connectivity index (χ2n) is 8.51. The van der Waals surface area contributed by atoms with E-state index in [0.717, 1.165) is 51.1 Å². The number of hydrogen-bond donors (Lipinski definition) is 0. The molecule has 32 heavy (non-hydrogen) atoms. The molecule has 3 heterocycles. The number of halogens is 3. The predicted octanol–water partition coefficient (Wildman–Crippen LogP) is 4.77. The van der Waals surface area contributed by atoms with E-state index in [2.05, 4.69) is 34.1 Å². The van der Waals surface area contributed by atoms with Crippen LogP contribution < -0.4 is 9.80 Å². The number of anilines is 2. The molecule has 2 saturated heterocycles. The van der Waals surface area contributed by atoms with Crippen LogP contribution in [0.25, 0.3) is 0 Å². The maximum absolute atomic E-state index is 13.2. The molecule has 0 saturated carbocycles.